The molecule has 4 rings (SSSR count). The first-order valence-electron chi connectivity index (χ1n) is 8.07. The zero-order chi connectivity index (χ0) is 15.6. The first-order valence-corrected chi connectivity index (χ1v) is 9.56. The summed E-state index contributed by atoms with van der Waals surface area (Å²) in [5.41, 5.74) is 5.32. The van der Waals surface area contributed by atoms with Gasteiger partial charge in [-0.1, -0.05) is 30.3 Å². The Morgan fingerprint density at radius 1 is 0.957 bits per heavy atom. The first kappa shape index (κ1) is 14.6. The summed E-state index contributed by atoms with van der Waals surface area (Å²) < 4.78 is 12.5. The number of aromatic nitrogens is 1. The normalized spacial score (nSPS) is 14.3. The average Bonchev–Trinajstić information content (AvgIpc) is 3.01. The van der Waals surface area contributed by atoms with Crippen molar-refractivity contribution < 1.29 is 4.21 Å². The predicted molar refractivity (Wildman–Crippen MR) is 96.0 cm³/mol. The van der Waals surface area contributed by atoms with Crippen molar-refractivity contribution in [2.75, 3.05) is 5.75 Å². The van der Waals surface area contributed by atoms with E-state index < -0.39 is 10.8 Å². The molecule has 1 aromatic heterocycles. The Labute approximate surface area is 139 Å². The van der Waals surface area contributed by atoms with E-state index in [1.165, 1.54) is 33.0 Å². The molecule has 1 aliphatic carbocycles. The molecule has 0 saturated carbocycles. The number of nitrogens with zero attached hydrogens (tertiary/aromatic N) is 1. The highest BCUT2D eigenvalue weighted by molar-refractivity contribution is 7.84. The quantitative estimate of drug-likeness (QED) is 0.715. The van der Waals surface area contributed by atoms with Gasteiger partial charge in [-0.3, -0.25) is 9.19 Å². The molecule has 2 nitrogen and oxygen atoms in total. The zero-order valence-corrected chi connectivity index (χ0v) is 13.8. The van der Waals surface area contributed by atoms with E-state index in [2.05, 4.69) is 35.3 Å². The van der Waals surface area contributed by atoms with Gasteiger partial charge >= 0.3 is 0 Å². The fraction of sp³-hybridized carbons (Fsp3) is 0.250. The number of benzene rings is 2. The van der Waals surface area contributed by atoms with Gasteiger partial charge in [0.25, 0.3) is 0 Å². The highest BCUT2D eigenvalue weighted by atomic mass is 32.2. The van der Waals surface area contributed by atoms with E-state index >= 15 is 0 Å². The minimum Gasteiger partial charge on any atom is -0.265 e. The maximum absolute atomic E-state index is 12.5. The van der Waals surface area contributed by atoms with Crippen molar-refractivity contribution >= 4 is 21.6 Å². The second-order valence-corrected chi connectivity index (χ2v) is 7.69. The van der Waals surface area contributed by atoms with Crippen LogP contribution in [0.3, 0.4) is 0 Å². The van der Waals surface area contributed by atoms with Gasteiger partial charge in [0.2, 0.25) is 0 Å². The number of pyridine rings is 1. The van der Waals surface area contributed by atoms with Crippen LogP contribution in [0.25, 0.3) is 10.8 Å². The monoisotopic (exact) mass is 321 g/mol. The van der Waals surface area contributed by atoms with E-state index in [9.17, 15) is 4.21 Å². The van der Waals surface area contributed by atoms with Crippen molar-refractivity contribution in [2.24, 2.45) is 0 Å². The van der Waals surface area contributed by atoms with Gasteiger partial charge in [0.05, 0.1) is 0 Å². The van der Waals surface area contributed by atoms with E-state index in [0.29, 0.717) is 11.5 Å². The van der Waals surface area contributed by atoms with Crippen molar-refractivity contribution in [3.63, 3.8) is 0 Å². The van der Waals surface area contributed by atoms with E-state index in [1.54, 1.807) is 12.4 Å². The highest BCUT2D eigenvalue weighted by Crippen LogP contribution is 2.33. The molecular formula is C20H19NOS. The van der Waals surface area contributed by atoms with E-state index in [1.807, 2.05) is 12.1 Å². The number of hydrogen-bond acceptors (Lipinski definition) is 2. The highest BCUT2D eigenvalue weighted by Gasteiger charge is 2.16. The molecule has 116 valence electrons. The molecule has 1 atom stereocenters. The van der Waals surface area contributed by atoms with Gasteiger partial charge in [0, 0.05) is 34.7 Å². The Kier molecular flexibility index (Phi) is 3.96. The summed E-state index contributed by atoms with van der Waals surface area (Å²) in [6, 6.07) is 14.9. The summed E-state index contributed by atoms with van der Waals surface area (Å²) >= 11 is 0. The van der Waals surface area contributed by atoms with Crippen LogP contribution in [0.1, 0.15) is 22.3 Å². The van der Waals surface area contributed by atoms with Gasteiger partial charge in [-0.05, 0) is 64.4 Å². The van der Waals surface area contributed by atoms with Crippen LogP contribution in [0.15, 0.2) is 54.9 Å². The van der Waals surface area contributed by atoms with Gasteiger partial charge in [0.15, 0.2) is 0 Å². The third-order valence-electron chi connectivity index (χ3n) is 4.65. The Morgan fingerprint density at radius 2 is 1.74 bits per heavy atom. The fourth-order valence-electron chi connectivity index (χ4n) is 3.46. The molecule has 0 bridgehead atoms. The molecule has 0 amide bonds. The number of aryl methyl sites for hydroxylation is 3. The van der Waals surface area contributed by atoms with E-state index in [4.69, 9.17) is 0 Å². The fourth-order valence-corrected chi connectivity index (χ4v) is 4.67. The lowest BCUT2D eigenvalue weighted by atomic mass is 10.0. The summed E-state index contributed by atoms with van der Waals surface area (Å²) in [5, 5.41) is 2.71. The van der Waals surface area contributed by atoms with E-state index in [0.717, 1.165) is 19.3 Å². The minimum atomic E-state index is -0.841. The average molecular weight is 321 g/mol. The molecule has 23 heavy (non-hydrogen) atoms. The molecule has 1 aliphatic rings. The Bertz CT molecular complexity index is 863. The van der Waals surface area contributed by atoms with Crippen molar-refractivity contribution in [3.05, 3.63) is 77.1 Å². The van der Waals surface area contributed by atoms with Gasteiger partial charge in [-0.15, -0.1) is 0 Å². The maximum atomic E-state index is 12.5. The molecule has 2 aromatic carbocycles. The SMILES string of the molecule is O=[S@@](CCc1ccncc1)Cc1ccc2c3c(cccc13)CC2. The lowest BCUT2D eigenvalue weighted by Crippen LogP contribution is -2.04. The Hall–Kier alpha value is -2.00. The summed E-state index contributed by atoms with van der Waals surface area (Å²) in [6.07, 6.45) is 6.71. The summed E-state index contributed by atoms with van der Waals surface area (Å²) in [6.45, 7) is 0. The lowest BCUT2D eigenvalue weighted by Gasteiger charge is -2.09. The molecule has 0 N–H and O–H groups in total. The van der Waals surface area contributed by atoms with Crippen molar-refractivity contribution in [1.29, 1.82) is 0 Å². The minimum absolute atomic E-state index is 0.644. The number of rotatable bonds is 5. The first-order chi connectivity index (χ1) is 11.3. The second-order valence-electron chi connectivity index (χ2n) is 6.12. The molecule has 0 radical (unpaired) electrons. The van der Waals surface area contributed by atoms with E-state index in [-0.39, 0.29) is 0 Å². The van der Waals surface area contributed by atoms with Crippen molar-refractivity contribution in [2.45, 2.75) is 25.0 Å². The molecule has 0 spiro atoms. The topological polar surface area (TPSA) is 30.0 Å². The largest absolute Gasteiger partial charge is 0.265 e. The summed E-state index contributed by atoms with van der Waals surface area (Å²) in [4.78, 5) is 4.02. The van der Waals surface area contributed by atoms with Gasteiger partial charge in [-0.2, -0.15) is 0 Å². The van der Waals surface area contributed by atoms with Crippen LogP contribution in [-0.4, -0.2) is 14.9 Å². The van der Waals surface area contributed by atoms with Gasteiger partial charge < -0.3 is 0 Å². The lowest BCUT2D eigenvalue weighted by molar-refractivity contribution is 0.682. The van der Waals surface area contributed by atoms with Crippen LogP contribution >= 0.6 is 0 Å². The van der Waals surface area contributed by atoms with Crippen LogP contribution in [-0.2, 0) is 35.8 Å². The predicted octanol–water partition coefficient (Wildman–Crippen LogP) is 3.82. The molecule has 3 aromatic rings. The third kappa shape index (κ3) is 2.93. The molecule has 0 saturated heterocycles. The molecule has 0 unspecified atom stereocenters. The van der Waals surface area contributed by atoms with Gasteiger partial charge in [-0.25, -0.2) is 0 Å². The molecule has 3 heteroatoms. The van der Waals surface area contributed by atoms with Gasteiger partial charge in [0.1, 0.15) is 0 Å². The van der Waals surface area contributed by atoms with Crippen LogP contribution in [0.2, 0.25) is 0 Å². The summed E-state index contributed by atoms with van der Waals surface area (Å²) in [7, 11) is -0.841. The molecular weight excluding hydrogens is 302 g/mol. The smallest absolute Gasteiger partial charge is 0.0491 e. The van der Waals surface area contributed by atoms with Crippen molar-refractivity contribution in [1.82, 2.24) is 4.98 Å². The van der Waals surface area contributed by atoms with Crippen LogP contribution < -0.4 is 0 Å². The molecule has 0 fully saturated rings. The van der Waals surface area contributed by atoms with Crippen molar-refractivity contribution in [3.8, 4) is 0 Å². The summed E-state index contributed by atoms with van der Waals surface area (Å²) in [5.74, 6) is 1.35. The molecule has 0 aliphatic heterocycles. The van der Waals surface area contributed by atoms with Crippen LogP contribution in [0.4, 0.5) is 0 Å². The second kappa shape index (κ2) is 6.25. The maximum Gasteiger partial charge on any atom is 0.0491 e. The zero-order valence-electron chi connectivity index (χ0n) is 13.0. The molecule has 1 heterocycles. The van der Waals surface area contributed by atoms with Crippen LogP contribution in [0.5, 0.6) is 0 Å². The number of hydrogen-bond donors (Lipinski definition) is 0. The standard InChI is InChI=1S/C20H19NOS/c22-23(13-10-15-8-11-21-12-9-15)14-18-7-6-17-5-4-16-2-1-3-19(18)20(16)17/h1-3,6-9,11-12H,4-5,10,13-14H2/t23-/m0/s1. The Morgan fingerprint density at radius 3 is 2.57 bits per heavy atom. The van der Waals surface area contributed by atoms with Crippen LogP contribution in [0, 0.1) is 0 Å². The third-order valence-corrected chi connectivity index (χ3v) is 5.94. The Balaban J connectivity index is 1.53.